The van der Waals surface area contributed by atoms with Crippen molar-refractivity contribution in [1.82, 2.24) is 0 Å². The molecule has 0 unspecified atom stereocenters. The Kier molecular flexibility index (Phi) is 15.8. The quantitative estimate of drug-likeness (QED) is 0.310. The molecule has 0 aliphatic heterocycles. The van der Waals surface area contributed by atoms with Crippen molar-refractivity contribution in [2.24, 2.45) is 0 Å². The molecule has 1 aromatic carbocycles. The zero-order chi connectivity index (χ0) is 21.3. The van der Waals surface area contributed by atoms with Gasteiger partial charge in [0, 0.05) is 6.16 Å². The van der Waals surface area contributed by atoms with Crippen molar-refractivity contribution in [3.8, 4) is 0 Å². The van der Waals surface area contributed by atoms with Crippen LogP contribution in [0.1, 0.15) is 86.1 Å². The zero-order valence-electron chi connectivity index (χ0n) is 19.7. The average molecular weight is 414 g/mol. The summed E-state index contributed by atoms with van der Waals surface area (Å²) in [4.78, 5) is 20.5. The number of benzene rings is 1. The van der Waals surface area contributed by atoms with E-state index in [1.165, 1.54) is 82.0 Å². The second-order valence-corrected chi connectivity index (χ2v) is 9.44. The van der Waals surface area contributed by atoms with E-state index in [1.54, 1.807) is 30.3 Å². The smallest absolute Gasteiger partial charge is 0.810 e. The molecule has 0 spiro atoms. The van der Waals surface area contributed by atoms with Gasteiger partial charge in [-0.3, -0.25) is 0 Å². The normalized spacial score (nSPS) is 11.8. The van der Waals surface area contributed by atoms with Crippen LogP contribution in [0.25, 0.3) is 0 Å². The van der Waals surface area contributed by atoms with Gasteiger partial charge in [0.15, 0.2) is 0 Å². The van der Waals surface area contributed by atoms with E-state index in [0.29, 0.717) is 5.56 Å². The summed E-state index contributed by atoms with van der Waals surface area (Å²) in [6, 6.07) is 8.39. The molecule has 0 fully saturated rings. The van der Waals surface area contributed by atoms with E-state index in [2.05, 4.69) is 27.7 Å². The lowest BCUT2D eigenvalue weighted by Gasteiger charge is -2.39. The predicted molar refractivity (Wildman–Crippen MR) is 118 cm³/mol. The highest BCUT2D eigenvalue weighted by molar-refractivity contribution is 7.47. The van der Waals surface area contributed by atoms with E-state index in [9.17, 15) is 14.4 Å². The molecule has 4 nitrogen and oxygen atoms in total. The van der Waals surface area contributed by atoms with Crippen LogP contribution in [0.4, 0.5) is 0 Å². The van der Waals surface area contributed by atoms with Gasteiger partial charge in [-0.2, -0.15) is 0 Å². The molecule has 0 radical (unpaired) electrons. The standard InChI is InChI=1S/C16H36N.C7H9O3P/c1-5-9-13-17(14-10-6-2,15-11-7-3)16-12-8-4;8-11(9,10)6-7-4-2-1-3-5-7/h5-16H2,1-4H3;1-5H,6H2,(H2,8,9,10)/q+1;/p-1. The largest absolute Gasteiger partial charge is 1.00 e. The van der Waals surface area contributed by atoms with E-state index in [0.717, 1.165) is 0 Å². The summed E-state index contributed by atoms with van der Waals surface area (Å²) in [6.45, 7) is 15.0. The minimum atomic E-state index is -4.39. The molecule has 0 amide bonds. The second kappa shape index (κ2) is 16.2. The van der Waals surface area contributed by atoms with Crippen LogP contribution < -0.4 is 9.79 Å². The van der Waals surface area contributed by atoms with Crippen molar-refractivity contribution in [3.63, 3.8) is 0 Å². The van der Waals surface area contributed by atoms with Crippen molar-refractivity contribution < 1.29 is 20.3 Å². The molecule has 0 N–H and O–H groups in total. The monoisotopic (exact) mass is 413 g/mol. The van der Waals surface area contributed by atoms with Gasteiger partial charge < -0.3 is 18.8 Å². The average Bonchev–Trinajstić information content (AvgIpc) is 2.67. The summed E-state index contributed by atoms with van der Waals surface area (Å²) in [6.07, 6.45) is 10.7. The Morgan fingerprint density at radius 1 is 0.750 bits per heavy atom. The van der Waals surface area contributed by atoms with Gasteiger partial charge in [-0.05, 0) is 31.2 Å². The van der Waals surface area contributed by atoms with Gasteiger partial charge in [-0.1, -0.05) is 91.3 Å². The lowest BCUT2D eigenvalue weighted by molar-refractivity contribution is -0.929. The van der Waals surface area contributed by atoms with Crippen molar-refractivity contribution >= 4 is 7.60 Å². The van der Waals surface area contributed by atoms with E-state index in [4.69, 9.17) is 0 Å². The first-order chi connectivity index (χ1) is 13.3. The first-order valence-corrected chi connectivity index (χ1v) is 12.9. The number of hydrogen-bond donors (Lipinski definition) is 0. The van der Waals surface area contributed by atoms with Crippen molar-refractivity contribution in [2.45, 2.75) is 85.2 Å². The molecule has 0 saturated heterocycles. The van der Waals surface area contributed by atoms with E-state index in [-0.39, 0.29) is 1.43 Å². The third-order valence-corrected chi connectivity index (χ3v) is 5.92. The molecule has 1 rings (SSSR count). The topological polar surface area (TPSA) is 63.2 Å². The minimum Gasteiger partial charge on any atom is -0.810 e. The number of quaternary nitrogens is 1. The van der Waals surface area contributed by atoms with Gasteiger partial charge in [0.25, 0.3) is 0 Å². The fourth-order valence-corrected chi connectivity index (χ4v) is 4.11. The third kappa shape index (κ3) is 14.3. The van der Waals surface area contributed by atoms with E-state index < -0.39 is 13.8 Å². The highest BCUT2D eigenvalue weighted by Crippen LogP contribution is 2.28. The van der Waals surface area contributed by atoms with Gasteiger partial charge in [-0.15, -0.1) is 0 Å². The lowest BCUT2D eigenvalue weighted by Crippen LogP contribution is -2.50. The van der Waals surface area contributed by atoms with Crippen molar-refractivity contribution in [2.75, 3.05) is 26.2 Å². The molecule has 0 aromatic heterocycles. The molecule has 0 aliphatic carbocycles. The van der Waals surface area contributed by atoms with Crippen LogP contribution in [0.15, 0.2) is 30.3 Å². The van der Waals surface area contributed by atoms with E-state index >= 15 is 0 Å². The molecule has 164 valence electrons. The molecule has 0 atom stereocenters. The molecule has 0 saturated carbocycles. The Bertz CT molecular complexity index is 485. The number of nitrogens with zero attached hydrogens (tertiary/aromatic N) is 1. The lowest BCUT2D eigenvalue weighted by atomic mass is 10.1. The van der Waals surface area contributed by atoms with Gasteiger partial charge in [-0.25, -0.2) is 0 Å². The van der Waals surface area contributed by atoms with Crippen molar-refractivity contribution in [3.05, 3.63) is 35.9 Å². The highest BCUT2D eigenvalue weighted by atomic mass is 31.2. The number of hydrogen-bond acceptors (Lipinski definition) is 3. The van der Waals surface area contributed by atoms with Gasteiger partial charge in [0.1, 0.15) is 0 Å². The van der Waals surface area contributed by atoms with Gasteiger partial charge in [0.05, 0.1) is 26.2 Å². The highest BCUT2D eigenvalue weighted by Gasteiger charge is 2.24. The minimum absolute atomic E-state index is 0. The summed E-state index contributed by atoms with van der Waals surface area (Å²) >= 11 is 0. The molecule has 28 heavy (non-hydrogen) atoms. The van der Waals surface area contributed by atoms with Crippen molar-refractivity contribution in [1.29, 1.82) is 0 Å². The van der Waals surface area contributed by atoms with Crippen LogP contribution in [0.3, 0.4) is 0 Å². The fraction of sp³-hybridized carbons (Fsp3) is 0.739. The molecule has 0 bridgehead atoms. The second-order valence-electron chi connectivity index (χ2n) is 7.90. The molecule has 0 aliphatic rings. The Balaban J connectivity index is 0. The first kappa shape index (κ1) is 27.3. The molecule has 5 heteroatoms. The van der Waals surface area contributed by atoms with Crippen LogP contribution in [0.5, 0.6) is 0 Å². The molecule has 1 aromatic rings. The number of unbranched alkanes of at least 4 members (excludes halogenated alkanes) is 4. The Morgan fingerprint density at radius 2 is 1.11 bits per heavy atom. The summed E-state index contributed by atoms with van der Waals surface area (Å²) in [5.74, 6) is 0. The molecular formula is C23H44NO3P. The fourth-order valence-electron chi connectivity index (χ4n) is 3.45. The predicted octanol–water partition coefficient (Wildman–Crippen LogP) is 5.22. The van der Waals surface area contributed by atoms with Crippen LogP contribution in [-0.2, 0) is 10.7 Å². The maximum atomic E-state index is 10.3. The maximum Gasteiger partial charge on any atom is 1.00 e. The Hall–Kier alpha value is -0.670. The Labute approximate surface area is 175 Å². The van der Waals surface area contributed by atoms with Gasteiger partial charge in [0.2, 0.25) is 0 Å². The summed E-state index contributed by atoms with van der Waals surface area (Å²) in [5, 5.41) is 0. The van der Waals surface area contributed by atoms with Crippen LogP contribution in [0.2, 0.25) is 0 Å². The SMILES string of the molecule is CCCC[N+](CCCC)(CCCC)CCCC.O=P([O-])([O-])Cc1ccccc1.[H+]. The first-order valence-electron chi connectivity index (χ1n) is 11.2. The molecular weight excluding hydrogens is 369 g/mol. The maximum absolute atomic E-state index is 10.3. The summed E-state index contributed by atoms with van der Waals surface area (Å²) < 4.78 is 11.7. The zero-order valence-corrected chi connectivity index (χ0v) is 19.6. The summed E-state index contributed by atoms with van der Waals surface area (Å²) in [7, 11) is -4.39. The van der Waals surface area contributed by atoms with E-state index in [1.807, 2.05) is 0 Å². The molecule has 0 heterocycles. The third-order valence-electron chi connectivity index (χ3n) is 5.16. The number of rotatable bonds is 14. The van der Waals surface area contributed by atoms with Crippen LogP contribution in [0, 0.1) is 0 Å². The Morgan fingerprint density at radius 3 is 1.39 bits per heavy atom. The van der Waals surface area contributed by atoms with Crippen LogP contribution in [-0.4, -0.2) is 30.7 Å². The summed E-state index contributed by atoms with van der Waals surface area (Å²) in [5.41, 5.74) is 0.542. The van der Waals surface area contributed by atoms with Gasteiger partial charge >= 0.3 is 1.43 Å². The van der Waals surface area contributed by atoms with Crippen LogP contribution >= 0.6 is 7.60 Å².